The van der Waals surface area contributed by atoms with Gasteiger partial charge < -0.3 is 5.32 Å². The summed E-state index contributed by atoms with van der Waals surface area (Å²) in [5.41, 5.74) is 0.333. The molecule has 0 aliphatic heterocycles. The van der Waals surface area contributed by atoms with Gasteiger partial charge in [-0.2, -0.15) is 5.26 Å². The van der Waals surface area contributed by atoms with E-state index < -0.39 is 41.5 Å². The lowest BCUT2D eigenvalue weighted by Crippen LogP contribution is -2.43. The molecule has 0 spiro atoms. The first-order valence-corrected chi connectivity index (χ1v) is 14.6. The fourth-order valence-corrected chi connectivity index (χ4v) is 5.54. The van der Waals surface area contributed by atoms with Gasteiger partial charge in [0.15, 0.2) is 9.84 Å². The zero-order chi connectivity index (χ0) is 22.7. The molecule has 1 unspecified atom stereocenters. The van der Waals surface area contributed by atoms with Crippen LogP contribution in [0.15, 0.2) is 41.3 Å². The van der Waals surface area contributed by atoms with Crippen LogP contribution in [-0.2, 0) is 9.84 Å². The molecule has 1 atom stereocenters. The predicted molar refractivity (Wildman–Crippen MR) is 114 cm³/mol. The Balaban J connectivity index is 2.32. The number of hydrogen-bond donors (Lipinski definition) is 1. The van der Waals surface area contributed by atoms with Crippen LogP contribution in [0.1, 0.15) is 35.3 Å². The van der Waals surface area contributed by atoms with Gasteiger partial charge in [0.2, 0.25) is 0 Å². The molecule has 0 saturated heterocycles. The Kier molecular flexibility index (Phi) is 7.16. The van der Waals surface area contributed by atoms with Gasteiger partial charge in [-0.25, -0.2) is 17.2 Å². The van der Waals surface area contributed by atoms with Crippen molar-refractivity contribution in [2.24, 2.45) is 0 Å². The van der Waals surface area contributed by atoms with Gasteiger partial charge in [0.1, 0.15) is 11.6 Å². The van der Waals surface area contributed by atoms with Crippen LogP contribution in [0.4, 0.5) is 8.78 Å². The maximum absolute atomic E-state index is 14.5. The molecule has 5 nitrogen and oxygen atoms in total. The summed E-state index contributed by atoms with van der Waals surface area (Å²) in [6, 6.07) is 9.05. The first-order valence-electron chi connectivity index (χ1n) is 9.40. The first-order chi connectivity index (χ1) is 13.9. The molecule has 2 aromatic carbocycles. The van der Waals surface area contributed by atoms with Crippen molar-refractivity contribution in [3.8, 4) is 6.07 Å². The highest BCUT2D eigenvalue weighted by atomic mass is 32.2. The summed E-state index contributed by atoms with van der Waals surface area (Å²) in [5, 5.41) is 11.7. The molecule has 30 heavy (non-hydrogen) atoms. The lowest BCUT2D eigenvalue weighted by Gasteiger charge is -2.20. The molecule has 0 saturated carbocycles. The number of carbonyl (C=O) groups is 1. The molecule has 1 N–H and O–H groups in total. The second kappa shape index (κ2) is 9.06. The van der Waals surface area contributed by atoms with E-state index in [1.165, 1.54) is 31.2 Å². The van der Waals surface area contributed by atoms with E-state index >= 15 is 0 Å². The van der Waals surface area contributed by atoms with Crippen LogP contribution in [-0.4, -0.2) is 28.2 Å². The molecule has 0 bridgehead atoms. The number of benzene rings is 2. The molecule has 2 rings (SSSR count). The summed E-state index contributed by atoms with van der Waals surface area (Å²) in [6.45, 7) is 6.95. The second-order valence-electron chi connectivity index (χ2n) is 7.93. The molecule has 0 radical (unpaired) electrons. The second-order valence-corrected chi connectivity index (χ2v) is 15.2. The first kappa shape index (κ1) is 23.7. The fourth-order valence-electron chi connectivity index (χ4n) is 3.08. The molecular weight excluding hydrogens is 426 g/mol. The number of hydrogen-bond acceptors (Lipinski definition) is 4. The number of sulfone groups is 1. The molecule has 0 aliphatic rings. The third-order valence-electron chi connectivity index (χ3n) is 4.68. The van der Waals surface area contributed by atoms with E-state index in [0.717, 1.165) is 12.1 Å². The number of nitrogens with zero attached hydrogens (tertiary/aromatic N) is 1. The summed E-state index contributed by atoms with van der Waals surface area (Å²) < 4.78 is 52.8. The number of nitriles is 1. The predicted octanol–water partition coefficient (Wildman–Crippen LogP) is 3.69. The van der Waals surface area contributed by atoms with Crippen LogP contribution in [0.25, 0.3) is 0 Å². The maximum Gasteiger partial charge on any atom is 0.252 e. The van der Waals surface area contributed by atoms with Crippen LogP contribution < -0.4 is 10.5 Å². The van der Waals surface area contributed by atoms with E-state index in [9.17, 15) is 22.0 Å². The van der Waals surface area contributed by atoms with Gasteiger partial charge in [-0.1, -0.05) is 38.7 Å². The lowest BCUT2D eigenvalue weighted by molar-refractivity contribution is 0.0936. The van der Waals surface area contributed by atoms with Crippen molar-refractivity contribution in [1.82, 2.24) is 5.32 Å². The van der Waals surface area contributed by atoms with Crippen LogP contribution in [0.3, 0.4) is 0 Å². The Morgan fingerprint density at radius 2 is 1.67 bits per heavy atom. The van der Waals surface area contributed by atoms with Crippen molar-refractivity contribution in [3.63, 3.8) is 0 Å². The van der Waals surface area contributed by atoms with E-state index in [4.69, 9.17) is 5.26 Å². The summed E-state index contributed by atoms with van der Waals surface area (Å²) in [4.78, 5) is 12.7. The van der Waals surface area contributed by atoms with Gasteiger partial charge >= 0.3 is 0 Å². The quantitative estimate of drug-likeness (QED) is 0.652. The van der Waals surface area contributed by atoms with Gasteiger partial charge in [-0.15, -0.1) is 0 Å². The average molecular weight is 451 g/mol. The fraction of sp³-hybridized carbons (Fsp3) is 0.333. The Morgan fingerprint density at radius 3 is 2.10 bits per heavy atom. The van der Waals surface area contributed by atoms with Crippen molar-refractivity contribution in [1.29, 1.82) is 5.26 Å². The van der Waals surface area contributed by atoms with E-state index in [-0.39, 0.29) is 27.8 Å². The lowest BCUT2D eigenvalue weighted by atomic mass is 10.0. The van der Waals surface area contributed by atoms with Crippen molar-refractivity contribution >= 4 is 29.0 Å². The summed E-state index contributed by atoms with van der Waals surface area (Å²) in [6.07, 6.45) is -0.0937. The van der Waals surface area contributed by atoms with Crippen LogP contribution in [0, 0.1) is 23.0 Å². The van der Waals surface area contributed by atoms with Gasteiger partial charge in [-0.05, 0) is 29.8 Å². The minimum Gasteiger partial charge on any atom is -0.344 e. The van der Waals surface area contributed by atoms with Crippen molar-refractivity contribution in [2.45, 2.75) is 43.9 Å². The highest BCUT2D eigenvalue weighted by Gasteiger charge is 2.27. The summed E-state index contributed by atoms with van der Waals surface area (Å²) in [7, 11) is -5.65. The Morgan fingerprint density at radius 1 is 1.13 bits per heavy atom. The molecule has 0 aliphatic carbocycles. The Labute approximate surface area is 176 Å². The normalized spacial score (nSPS) is 12.8. The van der Waals surface area contributed by atoms with Crippen LogP contribution in [0.5, 0.6) is 0 Å². The van der Waals surface area contributed by atoms with Gasteiger partial charge in [0, 0.05) is 10.8 Å². The van der Waals surface area contributed by atoms with Crippen LogP contribution in [0.2, 0.25) is 19.6 Å². The minimum absolute atomic E-state index is 0.0281. The molecule has 0 heterocycles. The van der Waals surface area contributed by atoms with E-state index in [2.05, 4.69) is 5.32 Å². The molecule has 0 aromatic heterocycles. The van der Waals surface area contributed by atoms with Crippen molar-refractivity contribution in [2.75, 3.05) is 5.75 Å². The van der Waals surface area contributed by atoms with Gasteiger partial charge in [0.05, 0.1) is 37.3 Å². The molecule has 160 valence electrons. The molecule has 1 amide bonds. The van der Waals surface area contributed by atoms with Gasteiger partial charge in [-0.3, -0.25) is 4.79 Å². The summed E-state index contributed by atoms with van der Waals surface area (Å²) >= 11 is 0. The number of amides is 1. The van der Waals surface area contributed by atoms with Crippen LogP contribution >= 0.6 is 0 Å². The third kappa shape index (κ3) is 5.32. The third-order valence-corrected chi connectivity index (χ3v) is 8.40. The Bertz CT molecular complexity index is 1070. The molecule has 2 aromatic rings. The number of nitrogens with one attached hydrogen (secondary N) is 1. The zero-order valence-electron chi connectivity index (χ0n) is 17.3. The number of rotatable bonds is 7. The smallest absolute Gasteiger partial charge is 0.252 e. The number of halogens is 2. The number of carbonyl (C=O) groups excluding carboxylic acids is 1. The molecule has 0 fully saturated rings. The largest absolute Gasteiger partial charge is 0.344 e. The average Bonchev–Trinajstić information content (AvgIpc) is 2.66. The zero-order valence-corrected chi connectivity index (χ0v) is 19.1. The topological polar surface area (TPSA) is 87.0 Å². The Hall–Kier alpha value is -2.57. The van der Waals surface area contributed by atoms with E-state index in [1.807, 2.05) is 6.07 Å². The van der Waals surface area contributed by atoms with Crippen molar-refractivity contribution < 1.29 is 22.0 Å². The van der Waals surface area contributed by atoms with E-state index in [0.29, 0.717) is 5.56 Å². The summed E-state index contributed by atoms with van der Waals surface area (Å²) in [5.74, 6) is -2.29. The molecular formula is C21H24F2N2O3SSi. The highest BCUT2D eigenvalue weighted by Crippen LogP contribution is 2.21. The highest BCUT2D eigenvalue weighted by molar-refractivity contribution is 7.91. The standard InChI is InChI=1S/C21H24F2N2O3SSi/c1-5-29(27,28)16-8-6-14(7-9-16)19(10-11-24)25-21(26)15-12-17(22)20(18(23)13-15)30(2,3)4/h6-9,12-13,19H,5,10H2,1-4H3,(H,25,26). The van der Waals surface area contributed by atoms with E-state index in [1.54, 1.807) is 19.6 Å². The van der Waals surface area contributed by atoms with Gasteiger partial charge in [0.25, 0.3) is 5.91 Å². The SMILES string of the molecule is CCS(=O)(=O)c1ccc(C(CC#N)NC(=O)c2cc(F)c([Si](C)(C)C)c(F)c2)cc1. The minimum atomic E-state index is -3.38. The van der Waals surface area contributed by atoms with Crippen molar-refractivity contribution in [3.05, 3.63) is 59.2 Å². The monoisotopic (exact) mass is 450 g/mol. The molecule has 9 heteroatoms. The maximum atomic E-state index is 14.5.